The summed E-state index contributed by atoms with van der Waals surface area (Å²) in [5.74, 6) is -0.0509. The van der Waals surface area contributed by atoms with Gasteiger partial charge in [0, 0.05) is 15.5 Å². The molecular formula is C19H21N3OS2. The van der Waals surface area contributed by atoms with Gasteiger partial charge in [0.25, 0.3) is 0 Å². The molecule has 6 heteroatoms. The Morgan fingerprint density at radius 1 is 1.44 bits per heavy atom. The highest BCUT2D eigenvalue weighted by Gasteiger charge is 2.24. The van der Waals surface area contributed by atoms with Crippen LogP contribution in [0.5, 0.6) is 0 Å². The van der Waals surface area contributed by atoms with E-state index < -0.39 is 0 Å². The first-order valence-electron chi connectivity index (χ1n) is 8.50. The van der Waals surface area contributed by atoms with Gasteiger partial charge in [-0.3, -0.25) is 4.79 Å². The average molecular weight is 372 g/mol. The molecule has 130 valence electrons. The molecule has 3 rings (SSSR count). The predicted octanol–water partition coefficient (Wildman–Crippen LogP) is 4.59. The molecule has 1 unspecified atom stereocenters. The fourth-order valence-corrected chi connectivity index (χ4v) is 5.30. The third-order valence-corrected chi connectivity index (χ3v) is 6.88. The van der Waals surface area contributed by atoms with E-state index in [0.29, 0.717) is 22.7 Å². The number of amides is 1. The van der Waals surface area contributed by atoms with Crippen molar-refractivity contribution >= 4 is 39.7 Å². The van der Waals surface area contributed by atoms with Crippen LogP contribution in [0.4, 0.5) is 10.7 Å². The van der Waals surface area contributed by atoms with E-state index in [1.165, 1.54) is 16.6 Å². The minimum absolute atomic E-state index is 0.0509. The van der Waals surface area contributed by atoms with Crippen LogP contribution in [-0.4, -0.2) is 11.2 Å². The number of nitrogens with two attached hydrogens (primary N) is 1. The molecule has 25 heavy (non-hydrogen) atoms. The molecule has 1 aliphatic rings. The van der Waals surface area contributed by atoms with Crippen LogP contribution in [0.1, 0.15) is 42.2 Å². The number of anilines is 2. The van der Waals surface area contributed by atoms with Gasteiger partial charge in [-0.05, 0) is 55.9 Å². The molecule has 4 nitrogen and oxygen atoms in total. The van der Waals surface area contributed by atoms with Crippen molar-refractivity contribution in [2.45, 2.75) is 49.2 Å². The average Bonchev–Trinajstić information content (AvgIpc) is 2.96. The number of rotatable bonds is 5. The molecule has 1 heterocycles. The Morgan fingerprint density at radius 3 is 2.96 bits per heavy atom. The van der Waals surface area contributed by atoms with Gasteiger partial charge in [-0.25, -0.2) is 0 Å². The number of nitrogen functional groups attached to an aromatic ring is 1. The summed E-state index contributed by atoms with van der Waals surface area (Å²) < 4.78 is 0. The van der Waals surface area contributed by atoms with E-state index in [2.05, 4.69) is 11.4 Å². The van der Waals surface area contributed by atoms with E-state index in [-0.39, 0.29) is 11.2 Å². The van der Waals surface area contributed by atoms with Gasteiger partial charge in [0.1, 0.15) is 11.1 Å². The zero-order chi connectivity index (χ0) is 17.8. The lowest BCUT2D eigenvalue weighted by molar-refractivity contribution is -0.115. The van der Waals surface area contributed by atoms with Crippen LogP contribution in [0.2, 0.25) is 0 Å². The van der Waals surface area contributed by atoms with Gasteiger partial charge in [0.15, 0.2) is 0 Å². The van der Waals surface area contributed by atoms with Crippen LogP contribution >= 0.6 is 23.1 Å². The number of hydrogen-bond acceptors (Lipinski definition) is 5. The number of aryl methyl sites for hydroxylation is 1. The van der Waals surface area contributed by atoms with Gasteiger partial charge in [0.2, 0.25) is 5.91 Å². The molecule has 0 bridgehead atoms. The Morgan fingerprint density at radius 2 is 2.24 bits per heavy atom. The normalized spacial score (nSPS) is 14.4. The molecule has 1 aromatic heterocycles. The van der Waals surface area contributed by atoms with Crippen LogP contribution in [0.3, 0.4) is 0 Å². The molecule has 3 N–H and O–H groups in total. The Hall–Kier alpha value is -1.97. The highest BCUT2D eigenvalue weighted by Crippen LogP contribution is 2.38. The number of carbonyl (C=O) groups is 1. The number of hydrogen-bond donors (Lipinski definition) is 2. The molecule has 1 aromatic carbocycles. The number of fused-ring (bicyclic) bond motifs is 1. The Balaban J connectivity index is 1.76. The topological polar surface area (TPSA) is 78.9 Å². The van der Waals surface area contributed by atoms with E-state index in [9.17, 15) is 10.1 Å². The number of thiophene rings is 1. The summed E-state index contributed by atoms with van der Waals surface area (Å²) in [4.78, 5) is 15.0. The van der Waals surface area contributed by atoms with E-state index in [1.807, 2.05) is 31.2 Å². The highest BCUT2D eigenvalue weighted by atomic mass is 32.2. The first-order valence-corrected chi connectivity index (χ1v) is 10.2. The second-order valence-electron chi connectivity index (χ2n) is 6.10. The maximum absolute atomic E-state index is 12.7. The zero-order valence-electron chi connectivity index (χ0n) is 14.2. The lowest BCUT2D eigenvalue weighted by atomic mass is 9.96. The number of thioether (sulfide) groups is 1. The smallest absolute Gasteiger partial charge is 0.238 e. The molecule has 1 amide bonds. The van der Waals surface area contributed by atoms with Crippen molar-refractivity contribution < 1.29 is 4.79 Å². The Labute approximate surface area is 156 Å². The van der Waals surface area contributed by atoms with E-state index in [1.54, 1.807) is 11.3 Å². The van der Waals surface area contributed by atoms with Gasteiger partial charge >= 0.3 is 0 Å². The maximum Gasteiger partial charge on any atom is 0.238 e. The quantitative estimate of drug-likeness (QED) is 0.595. The molecule has 0 radical (unpaired) electrons. The fraction of sp³-hybridized carbons (Fsp3) is 0.368. The van der Waals surface area contributed by atoms with Gasteiger partial charge < -0.3 is 11.1 Å². The SMILES string of the molecule is CCC(Sc1cccc(N)c1)C(=O)Nc1sc2c(c1C#N)CCCC2. The van der Waals surface area contributed by atoms with Crippen molar-refractivity contribution in [3.8, 4) is 6.07 Å². The molecule has 0 fully saturated rings. The third-order valence-electron chi connectivity index (χ3n) is 4.32. The van der Waals surface area contributed by atoms with Crippen molar-refractivity contribution in [2.24, 2.45) is 0 Å². The van der Waals surface area contributed by atoms with Crippen LogP contribution in [0, 0.1) is 11.3 Å². The van der Waals surface area contributed by atoms with Crippen molar-refractivity contribution in [3.05, 3.63) is 40.3 Å². The summed E-state index contributed by atoms with van der Waals surface area (Å²) in [6.07, 6.45) is 4.95. The van der Waals surface area contributed by atoms with Gasteiger partial charge in [-0.15, -0.1) is 23.1 Å². The lowest BCUT2D eigenvalue weighted by Crippen LogP contribution is -2.24. The summed E-state index contributed by atoms with van der Waals surface area (Å²) in [6, 6.07) is 9.86. The zero-order valence-corrected chi connectivity index (χ0v) is 15.8. The molecule has 1 aliphatic carbocycles. The van der Waals surface area contributed by atoms with Crippen LogP contribution in [-0.2, 0) is 17.6 Å². The van der Waals surface area contributed by atoms with E-state index >= 15 is 0 Å². The first-order chi connectivity index (χ1) is 12.1. The molecule has 0 saturated carbocycles. The molecule has 2 aromatic rings. The summed E-state index contributed by atoms with van der Waals surface area (Å²) in [7, 11) is 0. The van der Waals surface area contributed by atoms with Crippen molar-refractivity contribution in [1.29, 1.82) is 5.26 Å². The van der Waals surface area contributed by atoms with Crippen LogP contribution in [0.25, 0.3) is 0 Å². The maximum atomic E-state index is 12.7. The van der Waals surface area contributed by atoms with Crippen molar-refractivity contribution in [2.75, 3.05) is 11.1 Å². The minimum atomic E-state index is -0.215. The summed E-state index contributed by atoms with van der Waals surface area (Å²) in [6.45, 7) is 1.99. The second-order valence-corrected chi connectivity index (χ2v) is 8.48. The number of nitrogens with zero attached hydrogens (tertiary/aromatic N) is 1. The molecule has 1 atom stereocenters. The standard InChI is InChI=1S/C19H21N3OS2/c1-2-16(24-13-7-5-6-12(21)10-13)18(23)22-19-15(11-20)14-8-3-4-9-17(14)25-19/h5-7,10,16H,2-4,8-9,21H2,1H3,(H,22,23). The minimum Gasteiger partial charge on any atom is -0.399 e. The molecule has 0 saturated heterocycles. The van der Waals surface area contributed by atoms with E-state index in [0.717, 1.165) is 36.1 Å². The number of benzene rings is 1. The summed E-state index contributed by atoms with van der Waals surface area (Å²) in [5.41, 5.74) is 8.32. The van der Waals surface area contributed by atoms with Gasteiger partial charge in [-0.2, -0.15) is 5.26 Å². The monoisotopic (exact) mass is 371 g/mol. The largest absolute Gasteiger partial charge is 0.399 e. The number of carbonyl (C=O) groups excluding carboxylic acids is 1. The Kier molecular flexibility index (Phi) is 5.67. The van der Waals surface area contributed by atoms with Crippen LogP contribution in [0.15, 0.2) is 29.2 Å². The predicted molar refractivity (Wildman–Crippen MR) is 105 cm³/mol. The van der Waals surface area contributed by atoms with Gasteiger partial charge in [0.05, 0.1) is 10.8 Å². The highest BCUT2D eigenvalue weighted by molar-refractivity contribution is 8.00. The summed E-state index contributed by atoms with van der Waals surface area (Å²) >= 11 is 3.08. The number of nitriles is 1. The van der Waals surface area contributed by atoms with Crippen LogP contribution < -0.4 is 11.1 Å². The summed E-state index contributed by atoms with van der Waals surface area (Å²) in [5, 5.41) is 13.0. The van der Waals surface area contributed by atoms with E-state index in [4.69, 9.17) is 5.73 Å². The first kappa shape index (κ1) is 17.8. The third kappa shape index (κ3) is 4.00. The van der Waals surface area contributed by atoms with Crippen molar-refractivity contribution in [1.82, 2.24) is 0 Å². The molecule has 0 aliphatic heterocycles. The lowest BCUT2D eigenvalue weighted by Gasteiger charge is -2.14. The Bertz CT molecular complexity index is 823. The van der Waals surface area contributed by atoms with Gasteiger partial charge in [-0.1, -0.05) is 13.0 Å². The van der Waals surface area contributed by atoms with Crippen molar-refractivity contribution in [3.63, 3.8) is 0 Å². The molecule has 0 spiro atoms. The fourth-order valence-electron chi connectivity index (χ4n) is 3.04. The second kappa shape index (κ2) is 7.94. The number of nitrogens with one attached hydrogen (secondary N) is 1. The molecular weight excluding hydrogens is 350 g/mol.